The molecule has 6 atom stereocenters. The molecular weight excluding hydrogens is 584 g/mol. The lowest BCUT2D eigenvalue weighted by molar-refractivity contribution is -0.129. The van der Waals surface area contributed by atoms with Crippen LogP contribution in [0.4, 0.5) is 0 Å². The summed E-state index contributed by atoms with van der Waals surface area (Å²) in [5, 5.41) is 0. The van der Waals surface area contributed by atoms with E-state index in [2.05, 4.69) is 25.1 Å². The van der Waals surface area contributed by atoms with E-state index < -0.39 is 15.5 Å². The summed E-state index contributed by atoms with van der Waals surface area (Å²) in [4.78, 5) is 37.2. The van der Waals surface area contributed by atoms with Gasteiger partial charge in [0.15, 0.2) is 0 Å². The Bertz CT molecular complexity index is 1700. The van der Waals surface area contributed by atoms with Gasteiger partial charge in [0.2, 0.25) is 0 Å². The first-order valence-electron chi connectivity index (χ1n) is 16.7. The van der Waals surface area contributed by atoms with Crippen LogP contribution in [0.2, 0.25) is 0 Å². The van der Waals surface area contributed by atoms with Crippen LogP contribution in [0.3, 0.4) is 0 Å². The van der Waals surface area contributed by atoms with E-state index in [1.165, 1.54) is 11.1 Å². The number of rotatable bonds is 8. The van der Waals surface area contributed by atoms with Crippen LogP contribution in [0.1, 0.15) is 100 Å². The van der Waals surface area contributed by atoms with Crippen molar-refractivity contribution in [3.8, 4) is 5.75 Å². The number of carbonyl (C=O) groups is 3. The molecule has 45 heavy (non-hydrogen) atoms. The van der Waals surface area contributed by atoms with Crippen molar-refractivity contribution in [1.29, 1.82) is 0 Å². The molecule has 0 radical (unpaired) electrons. The molecule has 4 saturated carbocycles. The van der Waals surface area contributed by atoms with E-state index in [4.69, 9.17) is 4.18 Å². The van der Waals surface area contributed by atoms with Gasteiger partial charge in [0, 0.05) is 18.3 Å². The maximum Gasteiger partial charge on any atom is 0.310 e. The van der Waals surface area contributed by atoms with Crippen molar-refractivity contribution in [2.45, 2.75) is 90.9 Å². The molecule has 238 valence electrons. The number of aryl methyl sites for hydroxylation is 1. The third-order valence-electron chi connectivity index (χ3n) is 13.2. The fraction of sp³-hybridized carbons (Fsp3) is 0.553. The van der Waals surface area contributed by atoms with Gasteiger partial charge >= 0.3 is 10.1 Å². The van der Waals surface area contributed by atoms with Gasteiger partial charge < -0.3 is 4.18 Å². The molecule has 5 aliphatic carbocycles. The molecule has 0 spiro atoms. The predicted molar refractivity (Wildman–Crippen MR) is 173 cm³/mol. The molecule has 0 heterocycles. The number of hydrogen-bond acceptors (Lipinski definition) is 6. The van der Waals surface area contributed by atoms with Crippen LogP contribution in [0.15, 0.2) is 48.5 Å². The average Bonchev–Trinajstić information content (AvgIpc) is 3.51. The molecule has 7 rings (SSSR count). The number of carbonyl (C=O) groups excluding carboxylic acids is 3. The Labute approximate surface area is 267 Å². The second-order valence-corrected chi connectivity index (χ2v) is 16.9. The first-order chi connectivity index (χ1) is 21.4. The molecule has 5 aliphatic rings. The van der Waals surface area contributed by atoms with Crippen LogP contribution >= 0.6 is 0 Å². The number of ketones is 2. The highest BCUT2D eigenvalue weighted by molar-refractivity contribution is 7.87. The molecule has 0 N–H and O–H groups in total. The van der Waals surface area contributed by atoms with E-state index in [-0.39, 0.29) is 34.0 Å². The Morgan fingerprint density at radius 3 is 2.40 bits per heavy atom. The Morgan fingerprint density at radius 1 is 0.933 bits per heavy atom. The lowest BCUT2D eigenvalue weighted by Gasteiger charge is -2.48. The van der Waals surface area contributed by atoms with Crippen LogP contribution in [-0.4, -0.2) is 32.0 Å². The summed E-state index contributed by atoms with van der Waals surface area (Å²) >= 11 is 0. The van der Waals surface area contributed by atoms with Gasteiger partial charge in [0.05, 0.1) is 11.2 Å². The van der Waals surface area contributed by atoms with Crippen molar-refractivity contribution < 1.29 is 27.0 Å². The van der Waals surface area contributed by atoms with Crippen molar-refractivity contribution in [3.05, 3.63) is 70.8 Å². The maximum absolute atomic E-state index is 13.2. The highest BCUT2D eigenvalue weighted by Gasteiger charge is 2.65. The molecule has 6 nitrogen and oxygen atoms in total. The zero-order chi connectivity index (χ0) is 31.8. The summed E-state index contributed by atoms with van der Waals surface area (Å²) in [5.41, 5.74) is 4.29. The standard InChI is InChI=1S/C38H44O6S/c1-36(2)28-14-18-38(36,35(41)22-28)23-45(42,43)44-29-8-4-24(5-9-29)20-26(16-19-39)25-6-10-30-27(21-25)7-11-32-31(30)15-17-37(3)33(32)12-13-34(37)40/h4-6,8-10,16,19,21,28,31-33H,7,11-15,17-18,20,22-23H2,1-3H3/b26-16+/t28?,31-,32-,33+,37+,38-/m1/s1. The number of fused-ring (bicyclic) bond motifs is 7. The Kier molecular flexibility index (Phi) is 7.31. The van der Waals surface area contributed by atoms with Gasteiger partial charge in [-0.1, -0.05) is 51.1 Å². The van der Waals surface area contributed by atoms with Gasteiger partial charge in [0.25, 0.3) is 0 Å². The van der Waals surface area contributed by atoms with Crippen molar-refractivity contribution in [2.75, 3.05) is 5.75 Å². The molecular formula is C38H44O6S. The highest BCUT2D eigenvalue weighted by atomic mass is 32.2. The van der Waals surface area contributed by atoms with Crippen molar-refractivity contribution in [1.82, 2.24) is 0 Å². The van der Waals surface area contributed by atoms with Crippen LogP contribution in [0.25, 0.3) is 5.57 Å². The second kappa shape index (κ2) is 10.8. The van der Waals surface area contributed by atoms with E-state index in [0.29, 0.717) is 42.8 Å². The van der Waals surface area contributed by atoms with Crippen molar-refractivity contribution in [2.24, 2.45) is 34.0 Å². The van der Waals surface area contributed by atoms with E-state index in [1.807, 2.05) is 26.0 Å². The second-order valence-electron chi connectivity index (χ2n) is 15.3. The van der Waals surface area contributed by atoms with E-state index in [9.17, 15) is 22.8 Å². The maximum atomic E-state index is 13.2. The van der Waals surface area contributed by atoms with Crippen LogP contribution in [0, 0.1) is 34.0 Å². The number of hydrogen-bond donors (Lipinski definition) is 0. The Hall–Kier alpha value is -3.06. The average molecular weight is 629 g/mol. The van der Waals surface area contributed by atoms with Crippen LogP contribution in [0.5, 0.6) is 5.75 Å². The van der Waals surface area contributed by atoms with Crippen molar-refractivity contribution in [3.63, 3.8) is 0 Å². The van der Waals surface area contributed by atoms with Gasteiger partial charge in [0.1, 0.15) is 23.6 Å². The fourth-order valence-electron chi connectivity index (χ4n) is 10.4. The molecule has 0 aliphatic heterocycles. The van der Waals surface area contributed by atoms with E-state index >= 15 is 0 Å². The normalized spacial score (nSPS) is 33.4. The monoisotopic (exact) mass is 628 g/mol. The summed E-state index contributed by atoms with van der Waals surface area (Å²) in [5.74, 6) is 2.27. The van der Waals surface area contributed by atoms with E-state index in [0.717, 1.165) is 67.9 Å². The van der Waals surface area contributed by atoms with Crippen LogP contribution in [-0.2, 0) is 37.3 Å². The lowest BCUT2D eigenvalue weighted by Crippen LogP contribution is -2.43. The number of aldehydes is 1. The SMILES string of the molecule is CC1(C)C2CC[C@@]1(CS(=O)(=O)Oc1ccc(C/C(=C\C=O)c3ccc4c(c3)CC[C@@H]3[C@@H]4CC[C@]4(C)C(=O)CC[C@@H]34)cc1)C(=O)C2. The zero-order valence-electron chi connectivity index (χ0n) is 26.6. The first kappa shape index (κ1) is 30.6. The number of Topliss-reactive ketones (excluding diaryl/α,β-unsaturated/α-hetero) is 2. The molecule has 2 aromatic rings. The summed E-state index contributed by atoms with van der Waals surface area (Å²) in [6.45, 7) is 6.25. The van der Waals surface area contributed by atoms with Gasteiger partial charge in [-0.15, -0.1) is 0 Å². The largest absolute Gasteiger partial charge is 0.382 e. The number of benzene rings is 2. The van der Waals surface area contributed by atoms with Gasteiger partial charge in [-0.25, -0.2) is 0 Å². The van der Waals surface area contributed by atoms with Gasteiger partial charge in [-0.05, 0) is 126 Å². The summed E-state index contributed by atoms with van der Waals surface area (Å²) in [7, 11) is -3.98. The molecule has 1 unspecified atom stereocenters. The first-order valence-corrected chi connectivity index (χ1v) is 18.3. The minimum Gasteiger partial charge on any atom is -0.382 e. The molecule has 2 bridgehead atoms. The smallest absolute Gasteiger partial charge is 0.310 e. The summed E-state index contributed by atoms with van der Waals surface area (Å²) in [6.07, 6.45) is 10.8. The molecule has 0 aromatic heterocycles. The zero-order valence-corrected chi connectivity index (χ0v) is 27.5. The third-order valence-corrected chi connectivity index (χ3v) is 14.5. The molecule has 4 fully saturated rings. The fourth-order valence-corrected chi connectivity index (χ4v) is 12.1. The topological polar surface area (TPSA) is 94.6 Å². The van der Waals surface area contributed by atoms with Crippen LogP contribution < -0.4 is 4.18 Å². The molecule has 2 aromatic carbocycles. The lowest BCUT2D eigenvalue weighted by atomic mass is 9.55. The molecule has 0 saturated heterocycles. The predicted octanol–water partition coefficient (Wildman–Crippen LogP) is 7.04. The third kappa shape index (κ3) is 4.87. The minimum absolute atomic E-state index is 0.0507. The minimum atomic E-state index is -3.98. The quantitative estimate of drug-likeness (QED) is 0.177. The summed E-state index contributed by atoms with van der Waals surface area (Å²) < 4.78 is 31.8. The Balaban J connectivity index is 1.05. The number of allylic oxidation sites excluding steroid dienone is 2. The van der Waals surface area contributed by atoms with Gasteiger partial charge in [-0.2, -0.15) is 8.42 Å². The summed E-state index contributed by atoms with van der Waals surface area (Å²) in [6, 6.07) is 13.6. The highest BCUT2D eigenvalue weighted by Crippen LogP contribution is 2.64. The van der Waals surface area contributed by atoms with Crippen molar-refractivity contribution >= 4 is 33.5 Å². The molecule has 7 heteroatoms. The molecule has 0 amide bonds. The van der Waals surface area contributed by atoms with Gasteiger partial charge in [-0.3, -0.25) is 14.4 Å². The Morgan fingerprint density at radius 2 is 1.71 bits per heavy atom. The van der Waals surface area contributed by atoms with E-state index in [1.54, 1.807) is 18.2 Å².